The van der Waals surface area contributed by atoms with Crippen LogP contribution >= 0.6 is 0 Å². The molecule has 8 nitrogen and oxygen atoms in total. The van der Waals surface area contributed by atoms with Gasteiger partial charge in [0.1, 0.15) is 0 Å². The number of benzene rings is 1. The smallest absolute Gasteiger partial charge is 0.276 e. The van der Waals surface area contributed by atoms with Gasteiger partial charge in [-0.15, -0.1) is 0 Å². The summed E-state index contributed by atoms with van der Waals surface area (Å²) < 4.78 is 13.1. The van der Waals surface area contributed by atoms with Gasteiger partial charge in [-0.2, -0.15) is 5.10 Å². The van der Waals surface area contributed by atoms with E-state index >= 15 is 0 Å². The number of nitrogens with zero attached hydrogens (tertiary/aromatic N) is 4. The maximum atomic E-state index is 13.3. The van der Waals surface area contributed by atoms with E-state index < -0.39 is 0 Å². The van der Waals surface area contributed by atoms with Crippen LogP contribution in [0.4, 0.5) is 17.1 Å². The molecule has 1 N–H and O–H groups in total. The van der Waals surface area contributed by atoms with E-state index in [1.54, 1.807) is 0 Å². The molecule has 1 amide bonds. The van der Waals surface area contributed by atoms with Crippen LogP contribution < -0.4 is 15.1 Å². The molecular formula is C25H35N5O3. The Labute approximate surface area is 195 Å². The van der Waals surface area contributed by atoms with Crippen LogP contribution in [0, 0.1) is 0 Å². The predicted molar refractivity (Wildman–Crippen MR) is 130 cm³/mol. The molecule has 1 aromatic carbocycles. The number of hydrogen-bond donors (Lipinski definition) is 1. The molecule has 3 aliphatic rings. The molecule has 1 saturated carbocycles. The Kier molecular flexibility index (Phi) is 6.05. The Morgan fingerprint density at radius 1 is 0.970 bits per heavy atom. The molecule has 0 radical (unpaired) electrons. The molecule has 178 valence electrons. The van der Waals surface area contributed by atoms with Gasteiger partial charge < -0.3 is 24.6 Å². The summed E-state index contributed by atoms with van der Waals surface area (Å²) in [5, 5.41) is 7.89. The maximum absolute atomic E-state index is 13.3. The van der Waals surface area contributed by atoms with Crippen LogP contribution in [-0.2, 0) is 15.0 Å². The van der Waals surface area contributed by atoms with Crippen molar-refractivity contribution in [3.8, 4) is 0 Å². The van der Waals surface area contributed by atoms with Gasteiger partial charge >= 0.3 is 0 Å². The Morgan fingerprint density at radius 3 is 2.21 bits per heavy atom. The highest BCUT2D eigenvalue weighted by Gasteiger charge is 2.32. The van der Waals surface area contributed by atoms with Crippen molar-refractivity contribution in [3.05, 3.63) is 35.7 Å². The average Bonchev–Trinajstić information content (AvgIpc) is 3.57. The lowest BCUT2D eigenvalue weighted by Crippen LogP contribution is -2.38. The van der Waals surface area contributed by atoms with Gasteiger partial charge in [-0.05, 0) is 57.9 Å². The first-order chi connectivity index (χ1) is 15.9. The van der Waals surface area contributed by atoms with Crippen LogP contribution in [0.1, 0.15) is 55.7 Å². The molecule has 8 heteroatoms. The van der Waals surface area contributed by atoms with Gasteiger partial charge in [0.05, 0.1) is 43.3 Å². The summed E-state index contributed by atoms with van der Waals surface area (Å²) in [6.07, 6.45) is 2.35. The number of anilines is 3. The Morgan fingerprint density at radius 2 is 1.61 bits per heavy atom. The molecule has 3 heterocycles. The van der Waals surface area contributed by atoms with Crippen molar-refractivity contribution in [1.82, 2.24) is 9.78 Å². The largest absolute Gasteiger partial charge is 0.378 e. The summed E-state index contributed by atoms with van der Waals surface area (Å²) >= 11 is 0. The predicted octanol–water partition coefficient (Wildman–Crippen LogP) is 3.44. The van der Waals surface area contributed by atoms with Crippen molar-refractivity contribution >= 4 is 23.0 Å². The standard InChI is InChI=1S/C25H35N5O3/c1-25(2,3)30-22(18-4-5-18)17-21(27-30)24(31)26-20-7-6-19(28-8-12-32-13-9-28)16-23(20)29-10-14-33-15-11-29/h6-7,16-18H,4-5,8-15H2,1-3H3,(H,26,31). The van der Waals surface area contributed by atoms with Gasteiger partial charge in [0, 0.05) is 43.5 Å². The summed E-state index contributed by atoms with van der Waals surface area (Å²) in [4.78, 5) is 18.0. The van der Waals surface area contributed by atoms with E-state index in [-0.39, 0.29) is 11.4 Å². The van der Waals surface area contributed by atoms with Gasteiger partial charge in [-0.1, -0.05) is 0 Å². The summed E-state index contributed by atoms with van der Waals surface area (Å²) in [5.74, 6) is 0.364. The topological polar surface area (TPSA) is 71.9 Å². The van der Waals surface area contributed by atoms with Crippen molar-refractivity contribution < 1.29 is 14.3 Å². The van der Waals surface area contributed by atoms with Gasteiger partial charge in [0.2, 0.25) is 0 Å². The lowest BCUT2D eigenvalue weighted by atomic mass is 10.1. The van der Waals surface area contributed by atoms with Crippen molar-refractivity contribution in [3.63, 3.8) is 0 Å². The second-order valence-electron chi connectivity index (χ2n) is 10.2. The zero-order valence-corrected chi connectivity index (χ0v) is 20.0. The van der Waals surface area contributed by atoms with Crippen LogP contribution in [0.5, 0.6) is 0 Å². The van der Waals surface area contributed by atoms with Crippen LogP contribution in [0.3, 0.4) is 0 Å². The normalized spacial score (nSPS) is 19.6. The third kappa shape index (κ3) is 4.87. The molecule has 2 saturated heterocycles. The SMILES string of the molecule is CC(C)(C)n1nc(C(=O)Nc2ccc(N3CCOCC3)cc2N2CCOCC2)cc1C1CC1. The number of rotatable bonds is 5. The average molecular weight is 454 g/mol. The summed E-state index contributed by atoms with van der Waals surface area (Å²) in [7, 11) is 0. The first-order valence-corrected chi connectivity index (χ1v) is 12.1. The molecule has 5 rings (SSSR count). The lowest BCUT2D eigenvalue weighted by molar-refractivity contribution is 0.102. The zero-order chi connectivity index (χ0) is 23.0. The van der Waals surface area contributed by atoms with E-state index in [0.717, 1.165) is 56.5 Å². The molecule has 3 fully saturated rings. The molecule has 0 bridgehead atoms. The van der Waals surface area contributed by atoms with Crippen molar-refractivity contribution in [2.45, 2.75) is 45.1 Å². The lowest BCUT2D eigenvalue weighted by Gasteiger charge is -2.33. The van der Waals surface area contributed by atoms with Crippen molar-refractivity contribution in [2.75, 3.05) is 67.7 Å². The summed E-state index contributed by atoms with van der Waals surface area (Å²) in [6, 6.07) is 8.29. The molecule has 0 unspecified atom stereocenters. The first kappa shape index (κ1) is 22.2. The van der Waals surface area contributed by atoms with Crippen molar-refractivity contribution in [1.29, 1.82) is 0 Å². The second kappa shape index (κ2) is 8.99. The minimum absolute atomic E-state index is 0.158. The Bertz CT molecular complexity index is 996. The van der Waals surface area contributed by atoms with E-state index in [0.29, 0.717) is 24.8 Å². The minimum Gasteiger partial charge on any atom is -0.378 e. The summed E-state index contributed by atoms with van der Waals surface area (Å²) in [5.41, 5.74) is 4.51. The highest BCUT2D eigenvalue weighted by molar-refractivity contribution is 6.05. The van der Waals surface area contributed by atoms with E-state index in [9.17, 15) is 4.79 Å². The van der Waals surface area contributed by atoms with Gasteiger partial charge in [0.15, 0.2) is 5.69 Å². The van der Waals surface area contributed by atoms with E-state index in [4.69, 9.17) is 14.6 Å². The third-order valence-electron chi connectivity index (χ3n) is 6.56. The van der Waals surface area contributed by atoms with Gasteiger partial charge in [-0.25, -0.2) is 0 Å². The van der Waals surface area contributed by atoms with Gasteiger partial charge in [-0.3, -0.25) is 9.48 Å². The Hall–Kier alpha value is -2.58. The number of aromatic nitrogens is 2. The van der Waals surface area contributed by atoms with E-state index in [2.05, 4.69) is 48.0 Å². The Balaban J connectivity index is 1.43. The first-order valence-electron chi connectivity index (χ1n) is 12.1. The van der Waals surface area contributed by atoms with Crippen LogP contribution in [0.25, 0.3) is 0 Å². The molecular weight excluding hydrogens is 418 g/mol. The van der Waals surface area contributed by atoms with E-state index in [1.807, 2.05) is 16.8 Å². The molecule has 33 heavy (non-hydrogen) atoms. The number of amides is 1. The number of morpholine rings is 2. The van der Waals surface area contributed by atoms with Gasteiger partial charge in [0.25, 0.3) is 5.91 Å². The van der Waals surface area contributed by atoms with E-state index in [1.165, 1.54) is 18.5 Å². The second-order valence-corrected chi connectivity index (χ2v) is 10.2. The monoisotopic (exact) mass is 453 g/mol. The van der Waals surface area contributed by atoms with Crippen LogP contribution in [0.2, 0.25) is 0 Å². The minimum atomic E-state index is -0.159. The molecule has 2 aromatic rings. The fourth-order valence-corrected chi connectivity index (χ4v) is 4.61. The number of carbonyl (C=O) groups is 1. The number of carbonyl (C=O) groups excluding carboxylic acids is 1. The van der Waals surface area contributed by atoms with Crippen LogP contribution in [0.15, 0.2) is 24.3 Å². The summed E-state index contributed by atoms with van der Waals surface area (Å²) in [6.45, 7) is 12.6. The molecule has 2 aliphatic heterocycles. The molecule has 0 spiro atoms. The number of ether oxygens (including phenoxy) is 2. The molecule has 1 aliphatic carbocycles. The third-order valence-corrected chi connectivity index (χ3v) is 6.56. The van der Waals surface area contributed by atoms with Crippen molar-refractivity contribution in [2.24, 2.45) is 0 Å². The highest BCUT2D eigenvalue weighted by Crippen LogP contribution is 2.42. The fraction of sp³-hybridized carbons (Fsp3) is 0.600. The number of nitrogens with one attached hydrogen (secondary N) is 1. The molecule has 1 aromatic heterocycles. The number of hydrogen-bond acceptors (Lipinski definition) is 6. The zero-order valence-electron chi connectivity index (χ0n) is 20.0. The maximum Gasteiger partial charge on any atom is 0.276 e. The quantitative estimate of drug-likeness (QED) is 0.748. The highest BCUT2D eigenvalue weighted by atomic mass is 16.5. The molecule has 0 atom stereocenters. The van der Waals surface area contributed by atoms with Crippen LogP contribution in [-0.4, -0.2) is 68.3 Å². The fourth-order valence-electron chi connectivity index (χ4n) is 4.61.